The molecule has 0 heterocycles. The van der Waals surface area contributed by atoms with Crippen molar-refractivity contribution >= 4 is 28.3 Å². The zero-order chi connectivity index (χ0) is 15.7. The monoisotopic (exact) mass is 312 g/mol. The molecular formula is C15H24N2OS2. The van der Waals surface area contributed by atoms with Gasteiger partial charge in [-0.2, -0.15) is 0 Å². The molecule has 112 valence electrons. The Balaban J connectivity index is 3.46. The highest BCUT2D eigenvalue weighted by Crippen LogP contribution is 2.41. The number of phenols is 1. The first-order valence-electron chi connectivity index (χ1n) is 6.53. The molecule has 0 fully saturated rings. The highest BCUT2D eigenvalue weighted by Gasteiger charge is 2.26. The van der Waals surface area contributed by atoms with Crippen molar-refractivity contribution in [3.8, 4) is 5.75 Å². The Morgan fingerprint density at radius 3 is 1.80 bits per heavy atom. The number of nitrogens with two attached hydrogens (primary N) is 1. The van der Waals surface area contributed by atoms with Crippen molar-refractivity contribution in [1.29, 1.82) is 0 Å². The first-order valence-corrected chi connectivity index (χ1v) is 7.75. The summed E-state index contributed by atoms with van der Waals surface area (Å²) >= 11 is 6.50. The summed E-state index contributed by atoms with van der Waals surface area (Å²) in [5.41, 5.74) is 4.04. The molecule has 0 amide bonds. The van der Waals surface area contributed by atoms with Crippen LogP contribution in [-0.2, 0) is 10.8 Å². The molecule has 0 atom stereocenters. The van der Waals surface area contributed by atoms with Crippen molar-refractivity contribution in [1.82, 2.24) is 5.43 Å². The van der Waals surface area contributed by atoms with Gasteiger partial charge < -0.3 is 10.5 Å². The van der Waals surface area contributed by atoms with E-state index in [0.717, 1.165) is 16.0 Å². The Bertz CT molecular complexity index is 479. The number of phenolic OH excluding ortho intramolecular Hbond substituents is 1. The van der Waals surface area contributed by atoms with Crippen molar-refractivity contribution in [3.63, 3.8) is 0 Å². The van der Waals surface area contributed by atoms with Gasteiger partial charge in [0.2, 0.25) is 0 Å². The quantitative estimate of drug-likeness (QED) is 0.318. The van der Waals surface area contributed by atoms with Crippen LogP contribution in [0.5, 0.6) is 5.75 Å². The molecule has 0 saturated heterocycles. The number of nitrogens with one attached hydrogen (secondary N) is 1. The van der Waals surface area contributed by atoms with Gasteiger partial charge in [0.15, 0.2) is 4.32 Å². The average molecular weight is 313 g/mol. The first-order chi connectivity index (χ1) is 8.96. The lowest BCUT2D eigenvalue weighted by atomic mass is 9.79. The highest BCUT2D eigenvalue weighted by molar-refractivity contribution is 8.23. The highest BCUT2D eigenvalue weighted by atomic mass is 32.2. The molecule has 0 unspecified atom stereocenters. The summed E-state index contributed by atoms with van der Waals surface area (Å²) in [4.78, 5) is 0.987. The molecule has 0 aromatic heterocycles. The second-order valence-electron chi connectivity index (χ2n) is 6.90. The minimum absolute atomic E-state index is 0.140. The average Bonchev–Trinajstić information content (AvgIpc) is 2.28. The minimum Gasteiger partial charge on any atom is -0.507 e. The second-order valence-corrected chi connectivity index (χ2v) is 8.65. The number of hydrogen-bond donors (Lipinski definition) is 3. The smallest absolute Gasteiger partial charge is 0.152 e. The van der Waals surface area contributed by atoms with E-state index < -0.39 is 0 Å². The Kier molecular flexibility index (Phi) is 5.11. The predicted octanol–water partition coefficient (Wildman–Crippen LogP) is 3.83. The summed E-state index contributed by atoms with van der Waals surface area (Å²) in [7, 11) is 0. The van der Waals surface area contributed by atoms with Crippen LogP contribution in [0.4, 0.5) is 0 Å². The number of thiocarbonyl (C=S) groups is 1. The molecule has 0 radical (unpaired) electrons. The zero-order valence-corrected chi connectivity index (χ0v) is 14.6. The molecule has 20 heavy (non-hydrogen) atoms. The van der Waals surface area contributed by atoms with Crippen LogP contribution in [0, 0.1) is 0 Å². The molecule has 1 rings (SSSR count). The van der Waals surface area contributed by atoms with Crippen molar-refractivity contribution in [2.45, 2.75) is 57.3 Å². The van der Waals surface area contributed by atoms with E-state index in [0.29, 0.717) is 10.1 Å². The SMILES string of the molecule is CC(C)(C)c1cc(SC(=S)NN)cc(C(C)(C)C)c1O. The van der Waals surface area contributed by atoms with Gasteiger partial charge in [0.1, 0.15) is 5.75 Å². The van der Waals surface area contributed by atoms with Gasteiger partial charge in [0.25, 0.3) is 0 Å². The summed E-state index contributed by atoms with van der Waals surface area (Å²) in [6, 6.07) is 3.97. The number of hydrazine groups is 1. The standard InChI is InChI=1S/C15H24N2OS2/c1-14(2,3)10-7-9(20-13(19)17-16)8-11(12(10)18)15(4,5)6/h7-8,18H,16H2,1-6H3,(H,17,19). The predicted molar refractivity (Wildman–Crippen MR) is 91.3 cm³/mol. The van der Waals surface area contributed by atoms with Gasteiger partial charge in [-0.25, -0.2) is 5.84 Å². The summed E-state index contributed by atoms with van der Waals surface area (Å²) < 4.78 is 0.510. The van der Waals surface area contributed by atoms with Crippen LogP contribution in [-0.4, -0.2) is 9.43 Å². The topological polar surface area (TPSA) is 58.3 Å². The lowest BCUT2D eigenvalue weighted by Crippen LogP contribution is -2.25. The lowest BCUT2D eigenvalue weighted by molar-refractivity contribution is 0.422. The number of hydrogen-bond acceptors (Lipinski definition) is 4. The number of aromatic hydroxyl groups is 1. The molecule has 0 saturated carbocycles. The molecule has 0 aliphatic heterocycles. The largest absolute Gasteiger partial charge is 0.507 e. The van der Waals surface area contributed by atoms with E-state index in [-0.39, 0.29) is 10.8 Å². The molecule has 0 aliphatic rings. The second kappa shape index (κ2) is 5.92. The Labute approximate surface area is 131 Å². The van der Waals surface area contributed by atoms with Crippen molar-refractivity contribution in [2.75, 3.05) is 0 Å². The third-order valence-electron chi connectivity index (χ3n) is 3.03. The van der Waals surface area contributed by atoms with Crippen LogP contribution in [0.25, 0.3) is 0 Å². The molecule has 4 N–H and O–H groups in total. The molecule has 0 spiro atoms. The van der Waals surface area contributed by atoms with E-state index in [1.165, 1.54) is 11.8 Å². The maximum absolute atomic E-state index is 10.6. The fraction of sp³-hybridized carbons (Fsp3) is 0.533. The summed E-state index contributed by atoms with van der Waals surface area (Å²) in [6.07, 6.45) is 0. The molecular weight excluding hydrogens is 288 g/mol. The van der Waals surface area contributed by atoms with Crippen LogP contribution in [0.2, 0.25) is 0 Å². The molecule has 3 nitrogen and oxygen atoms in total. The summed E-state index contributed by atoms with van der Waals surface area (Å²) in [5, 5.41) is 10.6. The van der Waals surface area contributed by atoms with Gasteiger partial charge in [-0.1, -0.05) is 65.5 Å². The van der Waals surface area contributed by atoms with E-state index in [1.807, 2.05) is 12.1 Å². The summed E-state index contributed by atoms with van der Waals surface area (Å²) in [5.74, 6) is 5.71. The molecule has 5 heteroatoms. The van der Waals surface area contributed by atoms with Crippen LogP contribution >= 0.6 is 24.0 Å². The van der Waals surface area contributed by atoms with Gasteiger partial charge in [0, 0.05) is 16.0 Å². The van der Waals surface area contributed by atoms with Gasteiger partial charge in [-0.3, -0.25) is 0 Å². The van der Waals surface area contributed by atoms with Crippen LogP contribution in [0.15, 0.2) is 17.0 Å². The van der Waals surface area contributed by atoms with E-state index in [1.54, 1.807) is 0 Å². The molecule has 0 aliphatic carbocycles. The Hall–Kier alpha value is -0.780. The Morgan fingerprint density at radius 2 is 1.50 bits per heavy atom. The maximum atomic E-state index is 10.6. The molecule has 1 aromatic carbocycles. The van der Waals surface area contributed by atoms with Crippen LogP contribution in [0.3, 0.4) is 0 Å². The fourth-order valence-corrected chi connectivity index (χ4v) is 2.86. The lowest BCUT2D eigenvalue weighted by Gasteiger charge is -2.28. The van der Waals surface area contributed by atoms with E-state index in [4.69, 9.17) is 18.1 Å². The Morgan fingerprint density at radius 1 is 1.10 bits per heavy atom. The van der Waals surface area contributed by atoms with Gasteiger partial charge in [-0.15, -0.1) is 0 Å². The van der Waals surface area contributed by atoms with Gasteiger partial charge in [-0.05, 0) is 23.0 Å². The van der Waals surface area contributed by atoms with E-state index >= 15 is 0 Å². The first kappa shape index (κ1) is 17.3. The minimum atomic E-state index is -0.140. The normalized spacial score (nSPS) is 12.3. The maximum Gasteiger partial charge on any atom is 0.152 e. The van der Waals surface area contributed by atoms with Gasteiger partial charge in [0.05, 0.1) is 0 Å². The van der Waals surface area contributed by atoms with Gasteiger partial charge >= 0.3 is 0 Å². The number of benzene rings is 1. The third-order valence-corrected chi connectivity index (χ3v) is 4.17. The van der Waals surface area contributed by atoms with Crippen molar-refractivity contribution in [2.24, 2.45) is 5.84 Å². The number of thioether (sulfide) groups is 1. The van der Waals surface area contributed by atoms with E-state index in [9.17, 15) is 5.11 Å². The van der Waals surface area contributed by atoms with Crippen molar-refractivity contribution < 1.29 is 5.11 Å². The van der Waals surface area contributed by atoms with Crippen LogP contribution in [0.1, 0.15) is 52.7 Å². The molecule has 0 bridgehead atoms. The number of rotatable bonds is 1. The summed E-state index contributed by atoms with van der Waals surface area (Å²) in [6.45, 7) is 12.5. The van der Waals surface area contributed by atoms with Crippen LogP contribution < -0.4 is 11.3 Å². The van der Waals surface area contributed by atoms with Crippen molar-refractivity contribution in [3.05, 3.63) is 23.3 Å². The van der Waals surface area contributed by atoms with E-state index in [2.05, 4.69) is 47.0 Å². The third kappa shape index (κ3) is 4.11. The zero-order valence-electron chi connectivity index (χ0n) is 13.0. The fourth-order valence-electron chi connectivity index (χ4n) is 1.95. The molecule has 1 aromatic rings.